The van der Waals surface area contributed by atoms with Crippen molar-refractivity contribution in [3.8, 4) is 0 Å². The second-order valence-corrected chi connectivity index (χ2v) is 4.95. The molecule has 11 heavy (non-hydrogen) atoms. The molecule has 0 saturated heterocycles. The van der Waals surface area contributed by atoms with Crippen LogP contribution in [0.15, 0.2) is 0 Å². The maximum absolute atomic E-state index is 4.68. The van der Waals surface area contributed by atoms with Crippen molar-refractivity contribution in [2.45, 2.75) is 50.2 Å². The fourth-order valence-electron chi connectivity index (χ4n) is 2.73. The Balaban J connectivity index is 2.01. The van der Waals surface area contributed by atoms with Crippen LogP contribution in [0.3, 0.4) is 0 Å². The lowest BCUT2D eigenvalue weighted by Gasteiger charge is -2.36. The van der Waals surface area contributed by atoms with E-state index in [-0.39, 0.29) is 0 Å². The van der Waals surface area contributed by atoms with Crippen molar-refractivity contribution < 1.29 is 0 Å². The van der Waals surface area contributed by atoms with Crippen molar-refractivity contribution in [2.24, 2.45) is 11.8 Å². The molecular weight excluding hydrogens is 152 g/mol. The van der Waals surface area contributed by atoms with Crippen LogP contribution in [0.25, 0.3) is 0 Å². The molecule has 0 aromatic rings. The van der Waals surface area contributed by atoms with E-state index in [0.717, 1.165) is 17.1 Å². The Morgan fingerprint density at radius 1 is 0.909 bits per heavy atom. The van der Waals surface area contributed by atoms with E-state index in [9.17, 15) is 0 Å². The van der Waals surface area contributed by atoms with Gasteiger partial charge in [-0.25, -0.2) is 0 Å². The standard InChI is InChI=1S/C10H18S/c11-10-7-8-3-1-2-4-9(10)6-5-8/h8-11H,1-7H2. The molecule has 0 N–H and O–H groups in total. The summed E-state index contributed by atoms with van der Waals surface area (Å²) in [6.45, 7) is 0. The molecule has 3 saturated carbocycles. The van der Waals surface area contributed by atoms with Crippen LogP contribution in [0.4, 0.5) is 0 Å². The quantitative estimate of drug-likeness (QED) is 0.530. The summed E-state index contributed by atoms with van der Waals surface area (Å²) in [6.07, 6.45) is 10.3. The van der Waals surface area contributed by atoms with Crippen molar-refractivity contribution in [2.75, 3.05) is 0 Å². The minimum Gasteiger partial charge on any atom is -0.176 e. The smallest absolute Gasteiger partial charge is 0.00477 e. The van der Waals surface area contributed by atoms with E-state index >= 15 is 0 Å². The number of fused-ring (bicyclic) bond motifs is 5. The van der Waals surface area contributed by atoms with E-state index in [1.165, 1.54) is 44.9 Å². The van der Waals surface area contributed by atoms with Gasteiger partial charge in [0.25, 0.3) is 0 Å². The minimum absolute atomic E-state index is 0.744. The molecule has 0 heterocycles. The maximum atomic E-state index is 4.68. The maximum Gasteiger partial charge on any atom is 0.00477 e. The number of hydrogen-bond donors (Lipinski definition) is 1. The van der Waals surface area contributed by atoms with E-state index < -0.39 is 0 Å². The van der Waals surface area contributed by atoms with Gasteiger partial charge in [-0.05, 0) is 31.1 Å². The van der Waals surface area contributed by atoms with Gasteiger partial charge >= 0.3 is 0 Å². The summed E-state index contributed by atoms with van der Waals surface area (Å²) in [6, 6.07) is 0. The first-order valence-corrected chi connectivity index (χ1v) is 5.56. The topological polar surface area (TPSA) is 0 Å². The van der Waals surface area contributed by atoms with Crippen molar-refractivity contribution in [3.63, 3.8) is 0 Å². The molecule has 0 radical (unpaired) electrons. The molecule has 0 aromatic heterocycles. The third-order valence-corrected chi connectivity index (χ3v) is 4.13. The summed E-state index contributed by atoms with van der Waals surface area (Å²) in [5, 5.41) is 0.744. The monoisotopic (exact) mass is 170 g/mol. The second-order valence-electron chi connectivity index (χ2n) is 4.29. The predicted molar refractivity (Wildman–Crippen MR) is 52.1 cm³/mol. The van der Waals surface area contributed by atoms with Crippen molar-refractivity contribution >= 4 is 12.6 Å². The first kappa shape index (κ1) is 7.97. The van der Waals surface area contributed by atoms with Crippen LogP contribution in [0, 0.1) is 11.8 Å². The van der Waals surface area contributed by atoms with Crippen molar-refractivity contribution in [1.29, 1.82) is 0 Å². The summed E-state index contributed by atoms with van der Waals surface area (Å²) in [5.74, 6) is 2.00. The second kappa shape index (κ2) is 3.38. The summed E-state index contributed by atoms with van der Waals surface area (Å²) in [5.41, 5.74) is 0. The molecule has 3 atom stereocenters. The third-order valence-electron chi connectivity index (χ3n) is 3.50. The van der Waals surface area contributed by atoms with E-state index in [2.05, 4.69) is 12.6 Å². The van der Waals surface area contributed by atoms with Crippen molar-refractivity contribution in [3.05, 3.63) is 0 Å². The van der Waals surface area contributed by atoms with Gasteiger partial charge in [0, 0.05) is 5.25 Å². The largest absolute Gasteiger partial charge is 0.176 e. The molecule has 0 nitrogen and oxygen atoms in total. The number of thiol groups is 1. The van der Waals surface area contributed by atoms with E-state index in [0.29, 0.717) is 0 Å². The van der Waals surface area contributed by atoms with Gasteiger partial charge in [-0.15, -0.1) is 0 Å². The highest BCUT2D eigenvalue weighted by molar-refractivity contribution is 7.81. The average Bonchev–Trinajstić information content (AvgIpc) is 1.92. The average molecular weight is 170 g/mol. The fraction of sp³-hybridized carbons (Fsp3) is 1.00. The Kier molecular flexibility index (Phi) is 2.45. The van der Waals surface area contributed by atoms with Gasteiger partial charge in [-0.2, -0.15) is 12.6 Å². The Labute approximate surface area is 75.2 Å². The van der Waals surface area contributed by atoms with E-state index in [4.69, 9.17) is 0 Å². The normalized spacial score (nSPS) is 45.0. The lowest BCUT2D eigenvalue weighted by Crippen LogP contribution is -2.27. The zero-order valence-electron chi connectivity index (χ0n) is 7.13. The highest BCUT2D eigenvalue weighted by Gasteiger charge is 2.29. The predicted octanol–water partition coefficient (Wildman–Crippen LogP) is 3.28. The molecule has 0 spiro atoms. The first-order chi connectivity index (χ1) is 5.36. The molecule has 0 aromatic carbocycles. The van der Waals surface area contributed by atoms with Gasteiger partial charge in [0.15, 0.2) is 0 Å². The molecule has 0 aliphatic heterocycles. The summed E-state index contributed by atoms with van der Waals surface area (Å²) < 4.78 is 0. The van der Waals surface area contributed by atoms with Gasteiger partial charge in [-0.1, -0.05) is 25.7 Å². The highest BCUT2D eigenvalue weighted by atomic mass is 32.1. The van der Waals surface area contributed by atoms with Crippen LogP contribution in [0.1, 0.15) is 44.9 Å². The molecule has 0 amide bonds. The van der Waals surface area contributed by atoms with Crippen molar-refractivity contribution in [1.82, 2.24) is 0 Å². The van der Waals surface area contributed by atoms with Crippen LogP contribution in [-0.4, -0.2) is 5.25 Å². The van der Waals surface area contributed by atoms with Gasteiger partial charge in [-0.3, -0.25) is 0 Å². The Morgan fingerprint density at radius 3 is 2.55 bits per heavy atom. The molecule has 3 aliphatic rings. The molecule has 2 bridgehead atoms. The van der Waals surface area contributed by atoms with Crippen LogP contribution < -0.4 is 0 Å². The Bertz CT molecular complexity index is 129. The van der Waals surface area contributed by atoms with E-state index in [1.54, 1.807) is 0 Å². The zero-order chi connectivity index (χ0) is 7.68. The first-order valence-electron chi connectivity index (χ1n) is 5.04. The molecule has 3 aliphatic carbocycles. The SMILES string of the molecule is SC1CC2CCCCC1CC2. The third kappa shape index (κ3) is 1.74. The molecule has 3 unspecified atom stereocenters. The molecule has 1 heteroatoms. The summed E-state index contributed by atoms with van der Waals surface area (Å²) in [4.78, 5) is 0. The summed E-state index contributed by atoms with van der Waals surface area (Å²) >= 11 is 4.68. The van der Waals surface area contributed by atoms with Crippen LogP contribution >= 0.6 is 12.6 Å². The van der Waals surface area contributed by atoms with E-state index in [1.807, 2.05) is 0 Å². The van der Waals surface area contributed by atoms with Gasteiger partial charge < -0.3 is 0 Å². The van der Waals surface area contributed by atoms with Crippen LogP contribution in [0.2, 0.25) is 0 Å². The van der Waals surface area contributed by atoms with Crippen LogP contribution in [-0.2, 0) is 0 Å². The zero-order valence-corrected chi connectivity index (χ0v) is 8.02. The Hall–Kier alpha value is 0.350. The van der Waals surface area contributed by atoms with Gasteiger partial charge in [0.05, 0.1) is 0 Å². The lowest BCUT2D eigenvalue weighted by molar-refractivity contribution is 0.227. The fourth-order valence-corrected chi connectivity index (χ4v) is 3.33. The number of rotatable bonds is 0. The number of hydrogen-bond acceptors (Lipinski definition) is 1. The van der Waals surface area contributed by atoms with Gasteiger partial charge in [0.1, 0.15) is 0 Å². The lowest BCUT2D eigenvalue weighted by atomic mass is 9.74. The summed E-state index contributed by atoms with van der Waals surface area (Å²) in [7, 11) is 0. The molecule has 64 valence electrons. The molecule has 3 rings (SSSR count). The van der Waals surface area contributed by atoms with Crippen LogP contribution in [0.5, 0.6) is 0 Å². The highest BCUT2D eigenvalue weighted by Crippen LogP contribution is 2.39. The van der Waals surface area contributed by atoms with Gasteiger partial charge in [0.2, 0.25) is 0 Å². The Morgan fingerprint density at radius 2 is 1.73 bits per heavy atom. The molecule has 3 fully saturated rings. The minimum atomic E-state index is 0.744. The molecular formula is C10H18S.